The van der Waals surface area contributed by atoms with Gasteiger partial charge in [0.05, 0.1) is 5.69 Å². The number of nitrogens with zero attached hydrogens (tertiary/aromatic N) is 1. The van der Waals surface area contributed by atoms with Gasteiger partial charge < -0.3 is 10.4 Å². The van der Waals surface area contributed by atoms with Gasteiger partial charge in [0.25, 0.3) is 5.91 Å². The largest absolute Gasteiger partial charge is 0.480 e. The summed E-state index contributed by atoms with van der Waals surface area (Å²) in [4.78, 5) is 29.3. The van der Waals surface area contributed by atoms with E-state index in [1.54, 1.807) is 18.3 Å². The van der Waals surface area contributed by atoms with E-state index in [4.69, 9.17) is 0 Å². The number of carbonyl (C=O) groups is 2. The molecule has 2 N–H and O–H groups in total. The first kappa shape index (κ1) is 16.1. The Bertz CT molecular complexity index is 716. The highest BCUT2D eigenvalue weighted by atomic mass is 32.1. The van der Waals surface area contributed by atoms with Crippen LogP contribution in [0.4, 0.5) is 0 Å². The average Bonchev–Trinajstić information content (AvgIpc) is 3.17. The fraction of sp³-hybridized carbons (Fsp3) is 0.438. The van der Waals surface area contributed by atoms with E-state index in [1.807, 2.05) is 16.8 Å². The maximum Gasteiger partial charge on any atom is 0.329 e. The number of thiophene rings is 1. The molecule has 7 heteroatoms. The molecule has 0 aliphatic heterocycles. The summed E-state index contributed by atoms with van der Waals surface area (Å²) >= 11 is 2.89. The van der Waals surface area contributed by atoms with E-state index in [9.17, 15) is 14.7 Å². The second kappa shape index (κ2) is 6.41. The lowest BCUT2D eigenvalue weighted by molar-refractivity contribution is -0.145. The van der Waals surface area contributed by atoms with Gasteiger partial charge in [0.15, 0.2) is 0 Å². The molecule has 2 aromatic heterocycles. The van der Waals surface area contributed by atoms with Gasteiger partial charge in [-0.05, 0) is 31.2 Å². The molecule has 3 rings (SSSR count). The Balaban J connectivity index is 1.84. The summed E-state index contributed by atoms with van der Waals surface area (Å²) < 4.78 is 0. The smallest absolute Gasteiger partial charge is 0.329 e. The summed E-state index contributed by atoms with van der Waals surface area (Å²) in [7, 11) is 0. The first-order valence-corrected chi connectivity index (χ1v) is 9.34. The van der Waals surface area contributed by atoms with E-state index < -0.39 is 11.5 Å². The molecule has 23 heavy (non-hydrogen) atoms. The van der Waals surface area contributed by atoms with Crippen molar-refractivity contribution in [2.75, 3.05) is 0 Å². The Morgan fingerprint density at radius 2 is 2.04 bits per heavy atom. The molecule has 5 nitrogen and oxygen atoms in total. The number of carbonyl (C=O) groups excluding carboxylic acids is 1. The highest BCUT2D eigenvalue weighted by molar-refractivity contribution is 7.17. The minimum absolute atomic E-state index is 0.328. The van der Waals surface area contributed by atoms with E-state index in [0.717, 1.165) is 29.8 Å². The number of hydrogen-bond acceptors (Lipinski definition) is 5. The number of hydrogen-bond donors (Lipinski definition) is 2. The molecule has 0 aromatic carbocycles. The zero-order chi connectivity index (χ0) is 16.4. The number of carboxylic acid groups (broad SMARTS) is 1. The third-order valence-electron chi connectivity index (χ3n) is 4.24. The van der Waals surface area contributed by atoms with Crippen LogP contribution in [0.2, 0.25) is 0 Å². The fourth-order valence-electron chi connectivity index (χ4n) is 2.94. The van der Waals surface area contributed by atoms with Crippen molar-refractivity contribution >= 4 is 34.6 Å². The van der Waals surface area contributed by atoms with Gasteiger partial charge in [-0.1, -0.05) is 19.3 Å². The van der Waals surface area contributed by atoms with Gasteiger partial charge >= 0.3 is 5.97 Å². The molecule has 1 aliphatic carbocycles. The van der Waals surface area contributed by atoms with Crippen LogP contribution in [-0.4, -0.2) is 27.5 Å². The number of aromatic nitrogens is 1. The molecule has 2 heterocycles. The molecule has 0 spiro atoms. The Kier molecular flexibility index (Phi) is 4.50. The van der Waals surface area contributed by atoms with Crippen LogP contribution in [0.3, 0.4) is 0 Å². The first-order valence-electron chi connectivity index (χ1n) is 7.58. The summed E-state index contributed by atoms with van der Waals surface area (Å²) in [5.41, 5.74) is 0.506. The topological polar surface area (TPSA) is 79.3 Å². The number of thiazole rings is 1. The second-order valence-corrected chi connectivity index (χ2v) is 7.63. The van der Waals surface area contributed by atoms with Gasteiger partial charge in [-0.2, -0.15) is 11.3 Å². The molecule has 1 saturated carbocycles. The maximum absolute atomic E-state index is 12.6. The Hall–Kier alpha value is -1.73. The van der Waals surface area contributed by atoms with E-state index >= 15 is 0 Å². The zero-order valence-corrected chi connectivity index (χ0v) is 14.4. The number of nitrogens with one attached hydrogen (secondary N) is 1. The third-order valence-corrected chi connectivity index (χ3v) is 6.13. The SMILES string of the molecule is Cc1nc(-c2ccsc2)sc1C(=O)NC1(C(=O)O)CCCCC1. The number of rotatable bonds is 4. The lowest BCUT2D eigenvalue weighted by atomic mass is 9.81. The molecule has 0 atom stereocenters. The van der Waals surface area contributed by atoms with Crippen molar-refractivity contribution < 1.29 is 14.7 Å². The normalized spacial score (nSPS) is 16.9. The number of carboxylic acids is 1. The van der Waals surface area contributed by atoms with Crippen LogP contribution in [0.1, 0.15) is 47.5 Å². The third kappa shape index (κ3) is 3.16. The number of amides is 1. The molecule has 0 bridgehead atoms. The van der Waals surface area contributed by atoms with Crippen LogP contribution in [0.5, 0.6) is 0 Å². The van der Waals surface area contributed by atoms with E-state index in [1.165, 1.54) is 11.3 Å². The monoisotopic (exact) mass is 350 g/mol. The van der Waals surface area contributed by atoms with Crippen LogP contribution in [0.15, 0.2) is 16.8 Å². The zero-order valence-electron chi connectivity index (χ0n) is 12.8. The molecule has 0 radical (unpaired) electrons. The van der Waals surface area contributed by atoms with Crippen molar-refractivity contribution in [1.29, 1.82) is 0 Å². The summed E-state index contributed by atoms with van der Waals surface area (Å²) in [6.45, 7) is 1.79. The molecular weight excluding hydrogens is 332 g/mol. The molecule has 1 aliphatic rings. The molecule has 1 amide bonds. The minimum atomic E-state index is -1.13. The quantitative estimate of drug-likeness (QED) is 0.881. The average molecular weight is 350 g/mol. The number of aryl methyl sites for hydroxylation is 1. The Morgan fingerprint density at radius 3 is 2.65 bits per heavy atom. The Morgan fingerprint density at radius 1 is 1.30 bits per heavy atom. The van der Waals surface area contributed by atoms with Gasteiger partial charge in [0.1, 0.15) is 15.4 Å². The van der Waals surface area contributed by atoms with Gasteiger partial charge in [0.2, 0.25) is 0 Å². The maximum atomic E-state index is 12.6. The lowest BCUT2D eigenvalue weighted by Gasteiger charge is -2.33. The summed E-state index contributed by atoms with van der Waals surface area (Å²) in [6.07, 6.45) is 3.65. The van der Waals surface area contributed by atoms with Crippen molar-refractivity contribution in [2.24, 2.45) is 0 Å². The Labute approximate surface area is 142 Å². The highest BCUT2D eigenvalue weighted by Gasteiger charge is 2.41. The van der Waals surface area contributed by atoms with Crippen molar-refractivity contribution in [1.82, 2.24) is 10.3 Å². The molecule has 122 valence electrons. The van der Waals surface area contributed by atoms with Crippen LogP contribution in [0, 0.1) is 6.92 Å². The molecule has 0 saturated heterocycles. The summed E-state index contributed by atoms with van der Waals surface area (Å²) in [6, 6.07) is 1.96. The molecule has 1 fully saturated rings. The van der Waals surface area contributed by atoms with Crippen LogP contribution in [0.25, 0.3) is 10.6 Å². The van der Waals surface area contributed by atoms with Crippen molar-refractivity contribution in [2.45, 2.75) is 44.6 Å². The fourth-order valence-corrected chi connectivity index (χ4v) is 4.61. The molecular formula is C16H18N2O3S2. The lowest BCUT2D eigenvalue weighted by Crippen LogP contribution is -2.55. The van der Waals surface area contributed by atoms with Crippen molar-refractivity contribution in [3.63, 3.8) is 0 Å². The number of aliphatic carboxylic acids is 1. The standard InChI is InChI=1S/C16H18N2O3S2/c1-10-12(23-14(17-10)11-5-8-22-9-11)13(19)18-16(15(20)21)6-3-2-4-7-16/h5,8-9H,2-4,6-7H2,1H3,(H,18,19)(H,20,21). The molecule has 0 unspecified atom stereocenters. The van der Waals surface area contributed by atoms with E-state index in [2.05, 4.69) is 10.3 Å². The van der Waals surface area contributed by atoms with Gasteiger partial charge in [-0.25, -0.2) is 9.78 Å². The highest BCUT2D eigenvalue weighted by Crippen LogP contribution is 2.32. The van der Waals surface area contributed by atoms with Crippen molar-refractivity contribution in [3.05, 3.63) is 27.4 Å². The molecule has 2 aromatic rings. The van der Waals surface area contributed by atoms with Gasteiger partial charge in [-0.3, -0.25) is 4.79 Å². The predicted molar refractivity (Wildman–Crippen MR) is 91.1 cm³/mol. The van der Waals surface area contributed by atoms with E-state index in [0.29, 0.717) is 23.4 Å². The predicted octanol–water partition coefficient (Wildman–Crippen LogP) is 3.70. The minimum Gasteiger partial charge on any atom is -0.480 e. The van der Waals surface area contributed by atoms with Gasteiger partial charge in [0, 0.05) is 10.9 Å². The van der Waals surface area contributed by atoms with Gasteiger partial charge in [-0.15, -0.1) is 11.3 Å². The summed E-state index contributed by atoms with van der Waals surface area (Å²) in [5.74, 6) is -1.27. The van der Waals surface area contributed by atoms with Crippen molar-refractivity contribution in [3.8, 4) is 10.6 Å². The van der Waals surface area contributed by atoms with Crippen LogP contribution >= 0.6 is 22.7 Å². The summed E-state index contributed by atoms with van der Waals surface area (Å²) in [5, 5.41) is 17.1. The second-order valence-electron chi connectivity index (χ2n) is 5.85. The van der Waals surface area contributed by atoms with E-state index in [-0.39, 0.29) is 5.91 Å². The van der Waals surface area contributed by atoms with Crippen LogP contribution in [-0.2, 0) is 4.79 Å². The first-order chi connectivity index (χ1) is 11.0. The van der Waals surface area contributed by atoms with Crippen LogP contribution < -0.4 is 5.32 Å².